The van der Waals surface area contributed by atoms with E-state index in [0.29, 0.717) is 6.54 Å². The van der Waals surface area contributed by atoms with E-state index in [4.69, 9.17) is 11.2 Å². The summed E-state index contributed by atoms with van der Waals surface area (Å²) < 4.78 is 7.43. The van der Waals surface area contributed by atoms with Crippen molar-refractivity contribution >= 4 is 11.6 Å². The highest BCUT2D eigenvalue weighted by atomic mass is 16.5. The van der Waals surface area contributed by atoms with Crippen LogP contribution in [-0.2, 0) is 16.1 Å². The maximum Gasteiger partial charge on any atom is 0.241 e. The number of carbonyl (C=O) groups is 1. The topological polar surface area (TPSA) is 59.4 Å². The maximum atomic E-state index is 12.4. The number of aromatic nitrogens is 2. The molecule has 1 unspecified atom stereocenters. The molecule has 3 rings (SSSR count). The Balaban J connectivity index is 1.55. The molecule has 0 saturated carbocycles. The Kier molecular flexibility index (Phi) is 4.76. The number of hydrogen-bond acceptors (Lipinski definition) is 4. The van der Waals surface area contributed by atoms with E-state index in [1.807, 2.05) is 15.8 Å². The highest BCUT2D eigenvalue weighted by Gasteiger charge is 2.30. The van der Waals surface area contributed by atoms with E-state index in [0.717, 1.165) is 51.1 Å². The van der Waals surface area contributed by atoms with Crippen LogP contribution in [0, 0.1) is 12.3 Å². The Morgan fingerprint density at radius 3 is 3.18 bits per heavy atom. The fraction of sp³-hybridized carbons (Fsp3) is 0.625. The van der Waals surface area contributed by atoms with Crippen molar-refractivity contribution in [1.29, 1.82) is 0 Å². The largest absolute Gasteiger partial charge is 0.376 e. The van der Waals surface area contributed by atoms with Gasteiger partial charge < -0.3 is 10.1 Å². The molecular weight excluding hydrogens is 280 g/mol. The lowest BCUT2D eigenvalue weighted by molar-refractivity contribution is -0.120. The van der Waals surface area contributed by atoms with Crippen LogP contribution in [0.1, 0.15) is 25.7 Å². The molecular formula is C16H22N4O2. The molecule has 2 atom stereocenters. The minimum absolute atomic E-state index is 0.00409. The van der Waals surface area contributed by atoms with E-state index in [1.54, 1.807) is 6.20 Å². The van der Waals surface area contributed by atoms with Crippen LogP contribution >= 0.6 is 0 Å². The van der Waals surface area contributed by atoms with Crippen LogP contribution in [0.15, 0.2) is 12.4 Å². The zero-order chi connectivity index (χ0) is 15.4. The molecule has 1 aromatic rings. The van der Waals surface area contributed by atoms with E-state index < -0.39 is 0 Å². The van der Waals surface area contributed by atoms with Crippen LogP contribution in [0.2, 0.25) is 0 Å². The van der Waals surface area contributed by atoms with Crippen LogP contribution in [0.25, 0.3) is 0 Å². The van der Waals surface area contributed by atoms with Gasteiger partial charge in [-0.05, 0) is 32.2 Å². The molecule has 1 amide bonds. The third-order valence-electron chi connectivity index (χ3n) is 4.28. The van der Waals surface area contributed by atoms with Gasteiger partial charge in [0.15, 0.2) is 0 Å². The van der Waals surface area contributed by atoms with Crippen LogP contribution < -0.4 is 5.32 Å². The molecule has 0 spiro atoms. The fourth-order valence-corrected chi connectivity index (χ4v) is 3.18. The molecule has 22 heavy (non-hydrogen) atoms. The molecule has 2 saturated heterocycles. The van der Waals surface area contributed by atoms with E-state index >= 15 is 0 Å². The Morgan fingerprint density at radius 1 is 1.50 bits per heavy atom. The third-order valence-corrected chi connectivity index (χ3v) is 4.28. The molecule has 1 N–H and O–H groups in total. The quantitative estimate of drug-likeness (QED) is 0.828. The summed E-state index contributed by atoms with van der Waals surface area (Å²) in [7, 11) is 0. The average Bonchev–Trinajstić information content (AvgIpc) is 3.22. The van der Waals surface area contributed by atoms with Crippen molar-refractivity contribution in [2.75, 3.05) is 25.0 Å². The van der Waals surface area contributed by atoms with E-state index in [9.17, 15) is 4.79 Å². The summed E-state index contributed by atoms with van der Waals surface area (Å²) in [6.07, 6.45) is 13.2. The second-order valence-corrected chi connectivity index (χ2v) is 5.91. The zero-order valence-electron chi connectivity index (χ0n) is 12.7. The second-order valence-electron chi connectivity index (χ2n) is 5.91. The molecule has 2 fully saturated rings. The van der Waals surface area contributed by atoms with Crippen molar-refractivity contribution in [3.05, 3.63) is 12.4 Å². The molecule has 3 heterocycles. The number of rotatable bonds is 5. The number of nitrogens with zero attached hydrogens (tertiary/aromatic N) is 3. The zero-order valence-corrected chi connectivity index (χ0v) is 12.7. The van der Waals surface area contributed by atoms with Gasteiger partial charge in [0.1, 0.15) is 0 Å². The van der Waals surface area contributed by atoms with Crippen LogP contribution in [0.3, 0.4) is 0 Å². The lowest BCUT2D eigenvalue weighted by Gasteiger charge is -2.20. The Morgan fingerprint density at radius 2 is 2.41 bits per heavy atom. The van der Waals surface area contributed by atoms with Gasteiger partial charge in [0.25, 0.3) is 0 Å². The molecule has 6 heteroatoms. The highest BCUT2D eigenvalue weighted by molar-refractivity contribution is 5.94. The number of nitrogens with one attached hydrogen (secondary N) is 1. The Hall–Kier alpha value is -1.84. The first-order valence-corrected chi connectivity index (χ1v) is 7.88. The van der Waals surface area contributed by atoms with Crippen molar-refractivity contribution in [3.63, 3.8) is 0 Å². The van der Waals surface area contributed by atoms with Gasteiger partial charge in [0.05, 0.1) is 37.1 Å². The van der Waals surface area contributed by atoms with Crippen LogP contribution in [0.4, 0.5) is 5.69 Å². The molecule has 0 radical (unpaired) electrons. The summed E-state index contributed by atoms with van der Waals surface area (Å²) in [6, 6.07) is -0.127. The van der Waals surface area contributed by atoms with Gasteiger partial charge in [-0.3, -0.25) is 14.4 Å². The summed E-state index contributed by atoms with van der Waals surface area (Å²) >= 11 is 0. The predicted molar refractivity (Wildman–Crippen MR) is 83.3 cm³/mol. The summed E-state index contributed by atoms with van der Waals surface area (Å²) in [6.45, 7) is 2.99. The van der Waals surface area contributed by atoms with Gasteiger partial charge in [-0.15, -0.1) is 6.42 Å². The fourth-order valence-electron chi connectivity index (χ4n) is 3.18. The predicted octanol–water partition coefficient (Wildman–Crippen LogP) is 1.10. The molecule has 118 valence electrons. The summed E-state index contributed by atoms with van der Waals surface area (Å²) in [4.78, 5) is 14.4. The number of ether oxygens (including phenoxy) is 1. The smallest absolute Gasteiger partial charge is 0.241 e. The molecule has 2 aliphatic heterocycles. The average molecular weight is 302 g/mol. The Bertz CT molecular complexity index is 557. The number of hydrogen-bond donors (Lipinski definition) is 1. The first-order valence-electron chi connectivity index (χ1n) is 7.88. The summed E-state index contributed by atoms with van der Waals surface area (Å²) in [5.74, 6) is 2.62. The van der Waals surface area contributed by atoms with E-state index in [1.165, 1.54) is 0 Å². The minimum atomic E-state index is -0.127. The number of carbonyl (C=O) groups excluding carboxylic acids is 1. The minimum Gasteiger partial charge on any atom is -0.376 e. The van der Waals surface area contributed by atoms with Gasteiger partial charge in [0, 0.05) is 12.8 Å². The number of amides is 1. The molecule has 2 aliphatic rings. The van der Waals surface area contributed by atoms with Gasteiger partial charge >= 0.3 is 0 Å². The first kappa shape index (κ1) is 15.1. The number of anilines is 1. The van der Waals surface area contributed by atoms with Crippen LogP contribution in [-0.4, -0.2) is 52.4 Å². The van der Waals surface area contributed by atoms with E-state index in [-0.39, 0.29) is 18.1 Å². The number of likely N-dealkylation sites (tertiary alicyclic amines) is 1. The molecule has 6 nitrogen and oxygen atoms in total. The molecule has 0 aliphatic carbocycles. The number of terminal acetylenes is 1. The highest BCUT2D eigenvalue weighted by Crippen LogP contribution is 2.19. The lowest BCUT2D eigenvalue weighted by atomic mass is 10.2. The standard InChI is InChI=1S/C16H22N4O2/c1-2-7-19-8-3-6-15(19)16(21)18-13-10-17-20(11-13)12-14-5-4-9-22-14/h1,10-11,14-15H,3-9,12H2,(H,18,21)/t14?,15-/m0/s1. The summed E-state index contributed by atoms with van der Waals surface area (Å²) in [5.41, 5.74) is 0.732. The van der Waals surface area contributed by atoms with Crippen molar-refractivity contribution in [2.45, 2.75) is 44.4 Å². The lowest BCUT2D eigenvalue weighted by Crippen LogP contribution is -2.39. The SMILES string of the molecule is C#CCN1CCC[C@H]1C(=O)Nc1cnn(CC2CCCO2)c1. The van der Waals surface area contributed by atoms with Gasteiger partial charge in [-0.2, -0.15) is 5.10 Å². The second kappa shape index (κ2) is 6.95. The van der Waals surface area contributed by atoms with Gasteiger partial charge in [0.2, 0.25) is 5.91 Å². The van der Waals surface area contributed by atoms with Crippen molar-refractivity contribution in [1.82, 2.24) is 14.7 Å². The van der Waals surface area contributed by atoms with Gasteiger partial charge in [-0.1, -0.05) is 5.92 Å². The van der Waals surface area contributed by atoms with E-state index in [2.05, 4.69) is 16.3 Å². The third kappa shape index (κ3) is 3.49. The van der Waals surface area contributed by atoms with Crippen molar-refractivity contribution < 1.29 is 9.53 Å². The van der Waals surface area contributed by atoms with Crippen LogP contribution in [0.5, 0.6) is 0 Å². The Labute approximate surface area is 130 Å². The maximum absolute atomic E-state index is 12.4. The first-order chi connectivity index (χ1) is 10.8. The van der Waals surface area contributed by atoms with Crippen molar-refractivity contribution in [3.8, 4) is 12.3 Å². The van der Waals surface area contributed by atoms with Crippen molar-refractivity contribution in [2.24, 2.45) is 0 Å². The molecule has 1 aromatic heterocycles. The summed E-state index contributed by atoms with van der Waals surface area (Å²) in [5, 5.41) is 7.23. The normalized spacial score (nSPS) is 25.2. The monoisotopic (exact) mass is 302 g/mol. The molecule has 0 aromatic carbocycles. The van der Waals surface area contributed by atoms with Gasteiger partial charge in [-0.25, -0.2) is 0 Å². The molecule has 0 bridgehead atoms.